The third kappa shape index (κ3) is 14.0. The summed E-state index contributed by atoms with van der Waals surface area (Å²) in [5.74, 6) is 3.03. The van der Waals surface area contributed by atoms with Crippen LogP contribution in [0, 0.1) is 55.4 Å². The van der Waals surface area contributed by atoms with Gasteiger partial charge in [0.2, 0.25) is 22.8 Å². The third-order valence-corrected chi connectivity index (χ3v) is 27.6. The fourth-order valence-electron chi connectivity index (χ4n) is 20.1. The van der Waals surface area contributed by atoms with Crippen molar-refractivity contribution in [1.29, 1.82) is 0 Å². The van der Waals surface area contributed by atoms with Crippen LogP contribution in [-0.2, 0) is 41.0 Å². The molecule has 4 fully saturated rings. The summed E-state index contributed by atoms with van der Waals surface area (Å²) in [7, 11) is 8.79. The Morgan fingerprint density at radius 2 is 0.633 bits per heavy atom. The van der Waals surface area contributed by atoms with Gasteiger partial charge in [-0.2, -0.15) is 18.3 Å². The van der Waals surface area contributed by atoms with E-state index in [1.54, 1.807) is 23.0 Å². The summed E-state index contributed by atoms with van der Waals surface area (Å²) >= 11 is 1.83. The molecule has 0 radical (unpaired) electrons. The van der Waals surface area contributed by atoms with E-state index in [2.05, 4.69) is 283 Å². The molecule has 6 heteroatoms. The number of thiophene rings is 1. The molecule has 9 aromatic carbocycles. The summed E-state index contributed by atoms with van der Waals surface area (Å²) in [4.78, 5) is 0. The number of benzene rings is 9. The van der Waals surface area contributed by atoms with E-state index < -0.39 is 0 Å². The lowest BCUT2D eigenvalue weighted by molar-refractivity contribution is -0.665. The molecule has 0 amide bonds. The molecule has 0 atom stereocenters. The van der Waals surface area contributed by atoms with Gasteiger partial charge in [0.15, 0.2) is 22.8 Å². The first-order chi connectivity index (χ1) is 53.0. The van der Waals surface area contributed by atoms with Gasteiger partial charge < -0.3 is 4.42 Å². The maximum atomic E-state index is 5.69. The van der Waals surface area contributed by atoms with Crippen LogP contribution in [-0.4, -0.2) is 0 Å². The predicted octanol–water partition coefficient (Wildman–Crippen LogP) is 26.0. The van der Waals surface area contributed by atoms with E-state index in [0.717, 1.165) is 29.3 Å². The summed E-state index contributed by atoms with van der Waals surface area (Å²) in [6.07, 6.45) is 27.5. The van der Waals surface area contributed by atoms with Crippen LogP contribution < -0.4 is 18.3 Å². The van der Waals surface area contributed by atoms with Crippen molar-refractivity contribution in [2.75, 3.05) is 0 Å². The molecule has 5 aliphatic carbocycles. The Hall–Kier alpha value is -9.62. The van der Waals surface area contributed by atoms with Crippen LogP contribution >= 0.6 is 11.3 Å². The van der Waals surface area contributed by atoms with Crippen molar-refractivity contribution in [2.45, 2.75) is 201 Å². The maximum absolute atomic E-state index is 5.69. The molecule has 4 saturated carbocycles. The van der Waals surface area contributed by atoms with Crippen molar-refractivity contribution < 1.29 is 22.7 Å². The van der Waals surface area contributed by atoms with Gasteiger partial charge in [0.25, 0.3) is 0 Å². The number of furan rings is 1. The van der Waals surface area contributed by atoms with E-state index in [1.807, 2.05) is 17.4 Å². The van der Waals surface area contributed by atoms with Crippen LogP contribution in [0.2, 0.25) is 0 Å². The Labute approximate surface area is 651 Å². The second-order valence-electron chi connectivity index (χ2n) is 33.6. The van der Waals surface area contributed by atoms with Crippen molar-refractivity contribution in [3.05, 3.63) is 272 Å². The molecular formula is C103H110N4OS+4. The lowest BCUT2D eigenvalue weighted by atomic mass is 9.91. The topological polar surface area (TPSA) is 28.7 Å². The minimum absolute atomic E-state index is 0.744. The van der Waals surface area contributed by atoms with Crippen molar-refractivity contribution in [1.82, 2.24) is 0 Å². The van der Waals surface area contributed by atoms with E-state index in [1.165, 1.54) is 298 Å². The first kappa shape index (κ1) is 72.3. The van der Waals surface area contributed by atoms with Crippen LogP contribution in [0.5, 0.6) is 0 Å². The Morgan fingerprint density at radius 3 is 1.05 bits per heavy atom. The third-order valence-electron chi connectivity index (χ3n) is 26.7. The highest BCUT2D eigenvalue weighted by Crippen LogP contribution is 2.44. The SMILES string of the molecule is Cc1cc2c(cc1-c1c3ccc(C4CCCC4)cc3cc(C)[n+]1C)CCC2.Cc1cc2ccccc2cc1-c1c2ccc(C3CCCC3)cc2cc(C)[n+]1C.Cc1cc2ccoc2cc1-c1c2ccc(C3CCCC3)cc2cc(C)[n+]1C.Cc1cc2ccsc2cc1-c1c2ccc(C3CCCC3)cc2cc(C)[n+]1C. The summed E-state index contributed by atoms with van der Waals surface area (Å²) in [6, 6.07) is 69.9. The van der Waals surface area contributed by atoms with Crippen LogP contribution in [0.3, 0.4) is 0 Å². The Kier molecular flexibility index (Phi) is 20.1. The number of rotatable bonds is 8. The molecule has 0 N–H and O–H groups in total. The summed E-state index contributed by atoms with van der Waals surface area (Å²) < 4.78 is 16.5. The number of aromatic nitrogens is 4. The number of aryl methyl sites for hydroxylation is 10. The van der Waals surface area contributed by atoms with E-state index in [4.69, 9.17) is 4.42 Å². The first-order valence-corrected chi connectivity index (χ1v) is 42.2. The van der Waals surface area contributed by atoms with Gasteiger partial charge in [0.1, 0.15) is 33.8 Å². The van der Waals surface area contributed by atoms with Gasteiger partial charge >= 0.3 is 0 Å². The number of hydrogen-bond acceptors (Lipinski definition) is 2. The van der Waals surface area contributed by atoms with Gasteiger partial charge in [-0.25, -0.2) is 0 Å². The van der Waals surface area contributed by atoms with Crippen molar-refractivity contribution in [3.63, 3.8) is 0 Å². The lowest BCUT2D eigenvalue weighted by Gasteiger charge is -2.14. The standard InChI is InChI=1S/C27H28N.C26H30N.C25H26NO.C25H26NS/c1-18-14-21-10-6-7-11-22(21)17-26(18)27-25-13-12-23(20-8-4-5-9-20)16-24(25)15-19(2)28(27)3;1-17-13-20-9-6-10-21(20)16-25(17)26-24-12-11-22(19-7-4-5-8-19)15-23(24)14-18(2)27(26)3;2*1-16-12-20-10-11-27-24(20)15-23(16)25-22-9-8-19(18-6-4-5-7-18)14-21(22)13-17(2)26(25)3/h6-7,10-17,20H,4-5,8-9H2,1-3H3;11-16,19H,4-10H2,1-3H3;2*8-15,18H,4-7H2,1-3H3/q4*+1. The number of hydrogen-bond donors (Lipinski definition) is 0. The summed E-state index contributed by atoms with van der Waals surface area (Å²) in [5, 5.41) is 18.3. The highest BCUT2D eigenvalue weighted by Gasteiger charge is 2.30. The molecule has 6 heterocycles. The molecule has 15 aromatic rings. The normalized spacial score (nSPS) is 15.6. The van der Waals surface area contributed by atoms with E-state index in [0.29, 0.717) is 0 Å². The summed E-state index contributed by atoms with van der Waals surface area (Å²) in [5.41, 5.74) is 31.5. The van der Waals surface area contributed by atoms with E-state index >= 15 is 0 Å². The van der Waals surface area contributed by atoms with Crippen LogP contribution in [0.4, 0.5) is 0 Å². The fraction of sp³-hybridized carbons (Fsp3) is 0.340. The molecule has 0 unspecified atom stereocenters. The van der Waals surface area contributed by atoms with Gasteiger partial charge in [0.05, 0.1) is 50.1 Å². The maximum Gasteiger partial charge on any atom is 0.220 e. The molecular weight excluding hydrogens is 1340 g/mol. The monoisotopic (exact) mass is 1450 g/mol. The highest BCUT2D eigenvalue weighted by molar-refractivity contribution is 7.17. The predicted molar refractivity (Wildman–Crippen MR) is 460 cm³/mol. The molecule has 0 bridgehead atoms. The molecule has 20 rings (SSSR count). The molecule has 5 aliphatic rings. The average molecular weight is 1450 g/mol. The van der Waals surface area contributed by atoms with Crippen LogP contribution in [0.15, 0.2) is 198 Å². The van der Waals surface area contributed by atoms with Crippen molar-refractivity contribution in [2.24, 2.45) is 28.2 Å². The van der Waals surface area contributed by atoms with Gasteiger partial charge in [0, 0.05) is 62.0 Å². The van der Waals surface area contributed by atoms with Gasteiger partial charge in [-0.05, 0) is 294 Å². The van der Waals surface area contributed by atoms with Crippen LogP contribution in [0.25, 0.3) is 120 Å². The quantitative estimate of drug-likeness (QED) is 0.139. The highest BCUT2D eigenvalue weighted by atomic mass is 32.1. The Bertz CT molecular complexity index is 5850. The number of fused-ring (bicyclic) bond motifs is 8. The zero-order chi connectivity index (χ0) is 74.9. The van der Waals surface area contributed by atoms with E-state index in [9.17, 15) is 0 Å². The number of pyridine rings is 4. The molecule has 109 heavy (non-hydrogen) atoms. The summed E-state index contributed by atoms with van der Waals surface area (Å²) in [6.45, 7) is 17.9. The molecule has 0 saturated heterocycles. The number of nitrogens with zero attached hydrogens (tertiary/aromatic N) is 4. The molecule has 550 valence electrons. The zero-order valence-corrected chi connectivity index (χ0v) is 67.6. The molecule has 0 spiro atoms. The first-order valence-electron chi connectivity index (χ1n) is 41.3. The minimum Gasteiger partial charge on any atom is -0.464 e. The Balaban J connectivity index is 0.000000106. The lowest BCUT2D eigenvalue weighted by Crippen LogP contribution is -2.35. The molecule has 5 nitrogen and oxygen atoms in total. The second-order valence-corrected chi connectivity index (χ2v) is 34.6. The second kappa shape index (κ2) is 30.3. The molecule has 0 aliphatic heterocycles. The van der Waals surface area contributed by atoms with Crippen molar-refractivity contribution >= 4 is 86.3 Å². The van der Waals surface area contributed by atoms with Gasteiger partial charge in [-0.1, -0.05) is 136 Å². The Morgan fingerprint density at radius 1 is 0.294 bits per heavy atom. The van der Waals surface area contributed by atoms with Crippen molar-refractivity contribution in [3.8, 4) is 45.0 Å². The zero-order valence-electron chi connectivity index (χ0n) is 66.8. The molecule has 6 aromatic heterocycles. The fourth-order valence-corrected chi connectivity index (χ4v) is 20.9. The van der Waals surface area contributed by atoms with Gasteiger partial charge in [-0.3, -0.25) is 0 Å². The van der Waals surface area contributed by atoms with Gasteiger partial charge in [-0.15, -0.1) is 11.3 Å². The smallest absolute Gasteiger partial charge is 0.220 e. The van der Waals surface area contributed by atoms with Crippen LogP contribution in [0.1, 0.15) is 211 Å². The largest absolute Gasteiger partial charge is 0.464 e. The average Bonchev–Trinajstić information content (AvgIpc) is 1.45. The minimum atomic E-state index is 0.744. The van der Waals surface area contributed by atoms with E-state index in [-0.39, 0.29) is 0 Å².